The summed E-state index contributed by atoms with van der Waals surface area (Å²) in [5, 5.41) is 11.8. The van der Waals surface area contributed by atoms with Crippen LogP contribution in [-0.2, 0) is 9.59 Å². The number of carbonyl (C=O) groups excluding carboxylic acids is 1. The summed E-state index contributed by atoms with van der Waals surface area (Å²) in [4.78, 5) is 22.8. The molecule has 4 heteroatoms. The minimum absolute atomic E-state index is 0.122. The third-order valence-electron chi connectivity index (χ3n) is 3.34. The van der Waals surface area contributed by atoms with E-state index in [2.05, 4.69) is 5.32 Å². The van der Waals surface area contributed by atoms with Gasteiger partial charge in [0.1, 0.15) is 5.54 Å². The first-order valence-corrected chi connectivity index (χ1v) is 6.02. The highest BCUT2D eigenvalue weighted by molar-refractivity contribution is 5.86. The van der Waals surface area contributed by atoms with Gasteiger partial charge in [-0.15, -0.1) is 0 Å². The van der Waals surface area contributed by atoms with E-state index in [-0.39, 0.29) is 5.91 Å². The smallest absolute Gasteiger partial charge is 0.329 e. The number of carboxylic acid groups (broad SMARTS) is 1. The molecule has 0 saturated heterocycles. The first-order chi connectivity index (χ1) is 7.48. The molecule has 0 bridgehead atoms. The van der Waals surface area contributed by atoms with Crippen molar-refractivity contribution in [3.05, 3.63) is 0 Å². The van der Waals surface area contributed by atoms with Crippen LogP contribution in [0.1, 0.15) is 52.4 Å². The summed E-state index contributed by atoms with van der Waals surface area (Å²) in [5.74, 6) is -0.598. The third kappa shape index (κ3) is 3.22. The van der Waals surface area contributed by atoms with Crippen LogP contribution in [0, 0.1) is 5.92 Å². The van der Waals surface area contributed by atoms with Crippen LogP contribution in [0.5, 0.6) is 0 Å². The molecule has 0 radical (unpaired) electrons. The van der Waals surface area contributed by atoms with Crippen LogP contribution < -0.4 is 5.32 Å². The Hall–Kier alpha value is -1.06. The van der Waals surface area contributed by atoms with Gasteiger partial charge in [-0.3, -0.25) is 4.79 Å². The van der Waals surface area contributed by atoms with Crippen LogP contribution in [-0.4, -0.2) is 22.5 Å². The van der Waals surface area contributed by atoms with E-state index in [1.165, 1.54) is 6.42 Å². The summed E-state index contributed by atoms with van der Waals surface area (Å²) in [7, 11) is 0. The highest BCUT2D eigenvalue weighted by atomic mass is 16.4. The fraction of sp³-hybridized carbons (Fsp3) is 0.833. The largest absolute Gasteiger partial charge is 0.480 e. The van der Waals surface area contributed by atoms with Crippen LogP contribution in [0.4, 0.5) is 0 Å². The van der Waals surface area contributed by atoms with Gasteiger partial charge in [0.15, 0.2) is 0 Å². The SMILES string of the molecule is CCCC(C)(NC(=O)CC1CCC1)C(=O)O. The lowest BCUT2D eigenvalue weighted by Crippen LogP contribution is -2.52. The van der Waals surface area contributed by atoms with Crippen molar-refractivity contribution < 1.29 is 14.7 Å². The van der Waals surface area contributed by atoms with Gasteiger partial charge in [-0.05, 0) is 32.1 Å². The van der Waals surface area contributed by atoms with E-state index < -0.39 is 11.5 Å². The average molecular weight is 227 g/mol. The molecule has 2 N–H and O–H groups in total. The molecule has 0 aromatic rings. The average Bonchev–Trinajstić information content (AvgIpc) is 2.11. The molecule has 0 aromatic carbocycles. The maximum atomic E-state index is 11.7. The first kappa shape index (κ1) is 13.0. The number of aliphatic carboxylic acids is 1. The summed E-state index contributed by atoms with van der Waals surface area (Å²) in [6.45, 7) is 3.50. The quantitative estimate of drug-likeness (QED) is 0.728. The molecule has 0 heterocycles. The molecular weight excluding hydrogens is 206 g/mol. The Labute approximate surface area is 96.4 Å². The normalized spacial score (nSPS) is 19.6. The van der Waals surface area contributed by atoms with Gasteiger partial charge < -0.3 is 10.4 Å². The van der Waals surface area contributed by atoms with Gasteiger partial charge in [0.05, 0.1) is 0 Å². The Kier molecular flexibility index (Phi) is 4.33. The van der Waals surface area contributed by atoms with Crippen molar-refractivity contribution >= 4 is 11.9 Å². The second kappa shape index (κ2) is 5.32. The van der Waals surface area contributed by atoms with Crippen molar-refractivity contribution in [3.8, 4) is 0 Å². The Morgan fingerprint density at radius 3 is 2.44 bits per heavy atom. The minimum atomic E-state index is -1.10. The molecule has 1 fully saturated rings. The van der Waals surface area contributed by atoms with Crippen LogP contribution in [0.25, 0.3) is 0 Å². The number of hydrogen-bond donors (Lipinski definition) is 2. The van der Waals surface area contributed by atoms with Crippen LogP contribution in [0.2, 0.25) is 0 Å². The standard InChI is InChI=1S/C12H21NO3/c1-3-7-12(2,11(15)16)13-10(14)8-9-5-4-6-9/h9H,3-8H2,1-2H3,(H,13,14)(H,15,16). The number of carboxylic acids is 1. The van der Waals surface area contributed by atoms with Gasteiger partial charge in [0, 0.05) is 6.42 Å². The van der Waals surface area contributed by atoms with E-state index in [4.69, 9.17) is 5.11 Å². The van der Waals surface area contributed by atoms with Crippen molar-refractivity contribution in [1.29, 1.82) is 0 Å². The molecule has 0 aromatic heterocycles. The predicted molar refractivity (Wildman–Crippen MR) is 61.0 cm³/mol. The number of amides is 1. The zero-order valence-electron chi connectivity index (χ0n) is 10.1. The van der Waals surface area contributed by atoms with E-state index in [9.17, 15) is 9.59 Å². The highest BCUT2D eigenvalue weighted by Gasteiger charge is 2.34. The summed E-state index contributed by atoms with van der Waals surface area (Å²) < 4.78 is 0. The molecule has 4 nitrogen and oxygen atoms in total. The van der Waals surface area contributed by atoms with E-state index >= 15 is 0 Å². The van der Waals surface area contributed by atoms with Crippen molar-refractivity contribution in [2.24, 2.45) is 5.92 Å². The van der Waals surface area contributed by atoms with E-state index in [0.29, 0.717) is 18.8 Å². The number of rotatable bonds is 6. The Morgan fingerprint density at radius 1 is 1.44 bits per heavy atom. The van der Waals surface area contributed by atoms with Gasteiger partial charge in [-0.25, -0.2) is 4.79 Å². The van der Waals surface area contributed by atoms with Gasteiger partial charge in [0.2, 0.25) is 5.91 Å². The van der Waals surface area contributed by atoms with Crippen molar-refractivity contribution in [1.82, 2.24) is 5.32 Å². The summed E-state index contributed by atoms with van der Waals surface area (Å²) in [5.41, 5.74) is -1.10. The summed E-state index contributed by atoms with van der Waals surface area (Å²) in [6, 6.07) is 0. The second-order valence-electron chi connectivity index (χ2n) is 4.94. The molecule has 1 rings (SSSR count). The van der Waals surface area contributed by atoms with Crippen LogP contribution >= 0.6 is 0 Å². The van der Waals surface area contributed by atoms with Crippen molar-refractivity contribution in [2.45, 2.75) is 57.9 Å². The molecule has 1 saturated carbocycles. The predicted octanol–water partition coefficient (Wildman–Crippen LogP) is 1.94. The molecule has 1 aliphatic rings. The molecule has 1 amide bonds. The Balaban J connectivity index is 2.46. The Bertz CT molecular complexity index is 273. The lowest BCUT2D eigenvalue weighted by Gasteiger charge is -2.29. The summed E-state index contributed by atoms with van der Waals surface area (Å²) >= 11 is 0. The maximum Gasteiger partial charge on any atom is 0.329 e. The van der Waals surface area contributed by atoms with E-state index in [0.717, 1.165) is 19.3 Å². The summed E-state index contributed by atoms with van der Waals surface area (Å²) in [6.07, 6.45) is 5.09. The maximum absolute atomic E-state index is 11.7. The third-order valence-corrected chi connectivity index (χ3v) is 3.34. The molecule has 92 valence electrons. The van der Waals surface area contributed by atoms with Gasteiger partial charge in [0.25, 0.3) is 0 Å². The minimum Gasteiger partial charge on any atom is -0.480 e. The highest BCUT2D eigenvalue weighted by Crippen LogP contribution is 2.29. The topological polar surface area (TPSA) is 66.4 Å². The fourth-order valence-corrected chi connectivity index (χ4v) is 2.04. The molecule has 1 aliphatic carbocycles. The van der Waals surface area contributed by atoms with Gasteiger partial charge in [-0.2, -0.15) is 0 Å². The fourth-order valence-electron chi connectivity index (χ4n) is 2.04. The number of hydrogen-bond acceptors (Lipinski definition) is 2. The monoisotopic (exact) mass is 227 g/mol. The molecule has 16 heavy (non-hydrogen) atoms. The lowest BCUT2D eigenvalue weighted by atomic mass is 9.82. The van der Waals surface area contributed by atoms with Crippen LogP contribution in [0.3, 0.4) is 0 Å². The zero-order chi connectivity index (χ0) is 12.2. The van der Waals surface area contributed by atoms with Crippen LogP contribution in [0.15, 0.2) is 0 Å². The van der Waals surface area contributed by atoms with E-state index in [1.54, 1.807) is 6.92 Å². The molecular formula is C12H21NO3. The molecule has 0 spiro atoms. The van der Waals surface area contributed by atoms with Gasteiger partial charge >= 0.3 is 5.97 Å². The molecule has 1 atom stereocenters. The lowest BCUT2D eigenvalue weighted by molar-refractivity contribution is -0.147. The second-order valence-corrected chi connectivity index (χ2v) is 4.94. The van der Waals surface area contributed by atoms with Crippen molar-refractivity contribution in [3.63, 3.8) is 0 Å². The molecule has 0 aliphatic heterocycles. The number of nitrogens with one attached hydrogen (secondary N) is 1. The zero-order valence-corrected chi connectivity index (χ0v) is 10.1. The van der Waals surface area contributed by atoms with Gasteiger partial charge in [-0.1, -0.05) is 19.8 Å². The van der Waals surface area contributed by atoms with Crippen molar-refractivity contribution in [2.75, 3.05) is 0 Å². The van der Waals surface area contributed by atoms with E-state index in [1.807, 2.05) is 6.92 Å². The Morgan fingerprint density at radius 2 is 2.06 bits per heavy atom. The number of carbonyl (C=O) groups is 2. The first-order valence-electron chi connectivity index (χ1n) is 6.02. The molecule has 1 unspecified atom stereocenters.